The van der Waals surface area contributed by atoms with Gasteiger partial charge in [-0.2, -0.15) is 0 Å². The largest absolute Gasteiger partial charge is 0.481 e. The molecule has 5 heteroatoms. The minimum absolute atomic E-state index is 0.0119. The first-order valence-corrected chi connectivity index (χ1v) is 9.41. The molecule has 0 aromatic rings. The molecule has 0 heterocycles. The number of Topliss-reactive ketones (excluding diaryl/α,β-unsaturated/α-hetero) is 1. The fraction of sp³-hybridized carbons (Fsp3) is 0.700. The predicted octanol–water partition coefficient (Wildman–Crippen LogP) is 3.25. The van der Waals surface area contributed by atoms with Crippen molar-refractivity contribution in [2.45, 2.75) is 76.9 Å². The summed E-state index contributed by atoms with van der Waals surface area (Å²) in [6, 6.07) is 0. The van der Waals surface area contributed by atoms with Crippen LogP contribution in [0.2, 0.25) is 0 Å². The van der Waals surface area contributed by atoms with E-state index in [0.717, 1.165) is 19.3 Å². The molecule has 1 aliphatic rings. The molecule has 142 valence electrons. The molecule has 0 aromatic heterocycles. The maximum Gasteiger partial charge on any atom is 0.303 e. The van der Waals surface area contributed by atoms with Crippen molar-refractivity contribution in [3.8, 4) is 0 Å². The highest BCUT2D eigenvalue weighted by molar-refractivity contribution is 5.86. The Morgan fingerprint density at radius 1 is 1.24 bits per heavy atom. The van der Waals surface area contributed by atoms with Crippen molar-refractivity contribution in [3.63, 3.8) is 0 Å². The lowest BCUT2D eigenvalue weighted by Gasteiger charge is -2.15. The highest BCUT2D eigenvalue weighted by Crippen LogP contribution is 2.32. The SMILES string of the molecule is CCCCCCC(O)C=CC1C(=O)CC(O)C1C=CCCCC(=O)O. The summed E-state index contributed by atoms with van der Waals surface area (Å²) in [4.78, 5) is 22.6. The van der Waals surface area contributed by atoms with E-state index in [-0.39, 0.29) is 24.5 Å². The summed E-state index contributed by atoms with van der Waals surface area (Å²) in [6.07, 6.45) is 12.3. The molecule has 1 aliphatic carbocycles. The van der Waals surface area contributed by atoms with Crippen molar-refractivity contribution in [2.75, 3.05) is 0 Å². The summed E-state index contributed by atoms with van der Waals surface area (Å²) >= 11 is 0. The predicted molar refractivity (Wildman–Crippen MR) is 97.1 cm³/mol. The number of aliphatic carboxylic acids is 1. The van der Waals surface area contributed by atoms with E-state index in [9.17, 15) is 19.8 Å². The smallest absolute Gasteiger partial charge is 0.303 e. The Morgan fingerprint density at radius 3 is 2.68 bits per heavy atom. The molecule has 3 N–H and O–H groups in total. The number of hydrogen-bond acceptors (Lipinski definition) is 4. The summed E-state index contributed by atoms with van der Waals surface area (Å²) in [5.74, 6) is -1.53. The zero-order valence-corrected chi connectivity index (χ0v) is 15.1. The van der Waals surface area contributed by atoms with Gasteiger partial charge in [0.2, 0.25) is 0 Å². The van der Waals surface area contributed by atoms with E-state index in [0.29, 0.717) is 19.3 Å². The first-order valence-electron chi connectivity index (χ1n) is 9.41. The van der Waals surface area contributed by atoms with Gasteiger partial charge in [-0.15, -0.1) is 0 Å². The van der Waals surface area contributed by atoms with Crippen LogP contribution < -0.4 is 0 Å². The van der Waals surface area contributed by atoms with Crippen LogP contribution in [-0.2, 0) is 9.59 Å². The van der Waals surface area contributed by atoms with Gasteiger partial charge in [-0.1, -0.05) is 56.9 Å². The molecule has 1 rings (SSSR count). The Hall–Kier alpha value is -1.46. The Balaban J connectivity index is 2.50. The van der Waals surface area contributed by atoms with E-state index in [2.05, 4.69) is 6.92 Å². The molecule has 0 radical (unpaired) electrons. The van der Waals surface area contributed by atoms with Crippen LogP contribution in [0.3, 0.4) is 0 Å². The van der Waals surface area contributed by atoms with Crippen molar-refractivity contribution >= 4 is 11.8 Å². The molecular formula is C20H32O5. The lowest BCUT2D eigenvalue weighted by atomic mass is 9.92. The third-order valence-electron chi connectivity index (χ3n) is 4.65. The van der Waals surface area contributed by atoms with Gasteiger partial charge in [0, 0.05) is 24.7 Å². The molecule has 1 saturated carbocycles. The minimum Gasteiger partial charge on any atom is -0.481 e. The van der Waals surface area contributed by atoms with E-state index in [1.807, 2.05) is 12.2 Å². The fourth-order valence-corrected chi connectivity index (χ4v) is 3.16. The molecule has 5 nitrogen and oxygen atoms in total. The average molecular weight is 352 g/mol. The highest BCUT2D eigenvalue weighted by Gasteiger charge is 2.38. The monoisotopic (exact) mass is 352 g/mol. The number of aliphatic hydroxyl groups is 2. The molecule has 25 heavy (non-hydrogen) atoms. The van der Waals surface area contributed by atoms with Gasteiger partial charge in [-0.25, -0.2) is 0 Å². The van der Waals surface area contributed by atoms with Gasteiger partial charge in [-0.3, -0.25) is 9.59 Å². The number of ketones is 1. The van der Waals surface area contributed by atoms with Crippen LogP contribution in [0.15, 0.2) is 24.3 Å². The number of unbranched alkanes of at least 4 members (excludes halogenated alkanes) is 4. The van der Waals surface area contributed by atoms with E-state index in [1.54, 1.807) is 12.2 Å². The number of rotatable bonds is 12. The van der Waals surface area contributed by atoms with Crippen LogP contribution in [0.25, 0.3) is 0 Å². The molecular weight excluding hydrogens is 320 g/mol. The minimum atomic E-state index is -0.821. The van der Waals surface area contributed by atoms with Gasteiger partial charge in [0.1, 0.15) is 5.78 Å². The van der Waals surface area contributed by atoms with Crippen molar-refractivity contribution in [1.82, 2.24) is 0 Å². The van der Waals surface area contributed by atoms with Gasteiger partial charge in [-0.05, 0) is 19.3 Å². The van der Waals surface area contributed by atoms with Crippen molar-refractivity contribution in [3.05, 3.63) is 24.3 Å². The van der Waals surface area contributed by atoms with Crippen molar-refractivity contribution in [1.29, 1.82) is 0 Å². The highest BCUT2D eigenvalue weighted by atomic mass is 16.4. The van der Waals surface area contributed by atoms with Crippen LogP contribution in [0.1, 0.15) is 64.7 Å². The van der Waals surface area contributed by atoms with Crippen LogP contribution in [0, 0.1) is 11.8 Å². The summed E-state index contributed by atoms with van der Waals surface area (Å²) in [7, 11) is 0. The maximum absolute atomic E-state index is 12.1. The van der Waals surface area contributed by atoms with E-state index >= 15 is 0 Å². The molecule has 0 aliphatic heterocycles. The second-order valence-electron chi connectivity index (χ2n) is 6.86. The average Bonchev–Trinajstić information content (AvgIpc) is 2.82. The van der Waals surface area contributed by atoms with Crippen LogP contribution in [0.4, 0.5) is 0 Å². The molecule has 0 saturated heterocycles. The number of carbonyl (C=O) groups is 2. The van der Waals surface area contributed by atoms with Crippen LogP contribution in [-0.4, -0.2) is 39.3 Å². The molecule has 0 spiro atoms. The van der Waals surface area contributed by atoms with Gasteiger partial charge >= 0.3 is 5.97 Å². The van der Waals surface area contributed by atoms with Gasteiger partial charge in [0.15, 0.2) is 0 Å². The van der Waals surface area contributed by atoms with Crippen molar-refractivity contribution in [2.24, 2.45) is 11.8 Å². The molecule has 4 unspecified atom stereocenters. The molecule has 0 amide bonds. The number of carboxylic acids is 1. The zero-order valence-electron chi connectivity index (χ0n) is 15.1. The third kappa shape index (κ3) is 8.45. The van der Waals surface area contributed by atoms with E-state index < -0.39 is 24.1 Å². The topological polar surface area (TPSA) is 94.8 Å². The first-order chi connectivity index (χ1) is 12.0. The Kier molecular flexibility index (Phi) is 10.3. The molecule has 1 fully saturated rings. The third-order valence-corrected chi connectivity index (χ3v) is 4.65. The Morgan fingerprint density at radius 2 is 2.00 bits per heavy atom. The number of hydrogen-bond donors (Lipinski definition) is 3. The Labute approximate surface area is 150 Å². The van der Waals surface area contributed by atoms with E-state index in [4.69, 9.17) is 5.11 Å². The van der Waals surface area contributed by atoms with Gasteiger partial charge < -0.3 is 15.3 Å². The normalized spacial score (nSPS) is 25.2. The Bertz CT molecular complexity index is 469. The zero-order chi connectivity index (χ0) is 18.7. The summed E-state index contributed by atoms with van der Waals surface area (Å²) in [6.45, 7) is 2.14. The summed E-state index contributed by atoms with van der Waals surface area (Å²) < 4.78 is 0. The maximum atomic E-state index is 12.1. The number of allylic oxidation sites excluding steroid dienone is 2. The van der Waals surface area contributed by atoms with Gasteiger partial charge in [0.05, 0.1) is 12.2 Å². The molecule has 4 atom stereocenters. The fourth-order valence-electron chi connectivity index (χ4n) is 3.16. The first kappa shape index (κ1) is 21.6. The van der Waals surface area contributed by atoms with Crippen molar-refractivity contribution < 1.29 is 24.9 Å². The second kappa shape index (κ2) is 12.0. The van der Waals surface area contributed by atoms with Crippen LogP contribution >= 0.6 is 0 Å². The summed E-state index contributed by atoms with van der Waals surface area (Å²) in [5, 5.41) is 28.7. The quantitative estimate of drug-likeness (QED) is 0.370. The second-order valence-corrected chi connectivity index (χ2v) is 6.86. The van der Waals surface area contributed by atoms with E-state index in [1.165, 1.54) is 6.42 Å². The summed E-state index contributed by atoms with van der Waals surface area (Å²) in [5.41, 5.74) is 0. The standard InChI is InChI=1S/C20H32O5/c1-2-3-4-6-9-15(21)12-13-17-16(18(22)14-19(17)23)10-7-5-8-11-20(24)25/h7,10,12-13,15-18,21-22H,2-6,8-9,11,14H2,1H3,(H,24,25). The number of carboxylic acid groups (broad SMARTS) is 1. The lowest BCUT2D eigenvalue weighted by molar-refractivity contribution is -0.137. The van der Waals surface area contributed by atoms with Gasteiger partial charge in [0.25, 0.3) is 0 Å². The van der Waals surface area contributed by atoms with Crippen LogP contribution in [0.5, 0.6) is 0 Å². The number of carbonyl (C=O) groups excluding carboxylic acids is 1. The molecule has 0 aromatic carbocycles. The molecule has 0 bridgehead atoms. The lowest BCUT2D eigenvalue weighted by Crippen LogP contribution is -2.17. The number of aliphatic hydroxyl groups excluding tert-OH is 2.